The second-order valence-electron chi connectivity index (χ2n) is 19.2. The number of hydrogen-bond acceptors (Lipinski definition) is 13. The van der Waals surface area contributed by atoms with E-state index in [2.05, 4.69) is 20.9 Å². The zero-order valence-corrected chi connectivity index (χ0v) is 38.5. The van der Waals surface area contributed by atoms with Crippen molar-refractivity contribution >= 4 is 62.8 Å². The van der Waals surface area contributed by atoms with Crippen LogP contribution >= 0.6 is 22.9 Å². The SMILES string of the molecule is CC[C@@H]1CC1(NC(=O)[C@@H]1C[C@@H](Oc2cc(-c3csc(NC(C)C)n3)nc3c(Cl)c(OCCN4CCOCC4)ccc23)CN1C(=O)[C@@H](NC(=O)OC1CC2C[C@@H]2C1)C(C)(C)C)C(=O)O. The normalized spacial score (nSPS) is 27.1. The molecule has 0 radical (unpaired) electrons. The van der Waals surface area contributed by atoms with Gasteiger partial charge in [0.2, 0.25) is 11.8 Å². The van der Waals surface area contributed by atoms with E-state index in [1.807, 2.05) is 53.0 Å². The molecule has 2 saturated heterocycles. The third kappa shape index (κ3) is 9.96. The smallest absolute Gasteiger partial charge is 0.408 e. The predicted molar refractivity (Wildman–Crippen MR) is 238 cm³/mol. The fourth-order valence-electron chi connectivity index (χ4n) is 9.38. The molecule has 16 nitrogen and oxygen atoms in total. The lowest BCUT2D eigenvalue weighted by Gasteiger charge is -2.35. The van der Waals surface area contributed by atoms with Crippen molar-refractivity contribution in [2.45, 2.75) is 116 Å². The minimum absolute atomic E-state index is 0.0295. The standard InChI is InChI=1S/C45H60ClN7O9S/c1-7-27-21-45(27,41(56)57)51-39(54)33-19-29(22-53(33)40(55)38(44(4,5)6)50-43(58)62-28-17-25-16-26(25)18-28)61-35-20-31(32-23-63-42(49-32)47-24(2)3)48-37-30(35)8-9-34(36(37)46)60-15-12-52-10-13-59-14-11-52/h8-9,20,23-29,33,38H,7,10-19,21-22H2,1-6H3,(H,47,49)(H,50,58)(H,51,54)(H,56,57)/t25-,26?,27-,28?,29-,33+,38-,45?/m1/s1. The number of nitrogens with one attached hydrogen (secondary N) is 3. The van der Waals surface area contributed by atoms with Crippen molar-refractivity contribution in [1.82, 2.24) is 30.4 Å². The van der Waals surface area contributed by atoms with Crippen molar-refractivity contribution in [3.8, 4) is 22.9 Å². The number of amides is 3. The van der Waals surface area contributed by atoms with E-state index < -0.39 is 53.0 Å². The highest BCUT2D eigenvalue weighted by molar-refractivity contribution is 7.14. The van der Waals surface area contributed by atoms with E-state index in [0.29, 0.717) is 89.9 Å². The Kier molecular flexibility index (Phi) is 13.0. The van der Waals surface area contributed by atoms with Gasteiger partial charge in [-0.05, 0) is 74.8 Å². The van der Waals surface area contributed by atoms with E-state index in [9.17, 15) is 24.3 Å². The van der Waals surface area contributed by atoms with Crippen LogP contribution in [0.2, 0.25) is 5.02 Å². The number of carboxylic acids is 1. The highest BCUT2D eigenvalue weighted by Crippen LogP contribution is 2.52. The number of morpholine rings is 1. The minimum Gasteiger partial charge on any atom is -0.491 e. The molecule has 1 aromatic carbocycles. The number of ether oxygens (including phenoxy) is 4. The molecule has 3 unspecified atom stereocenters. The third-order valence-corrected chi connectivity index (χ3v) is 14.2. The van der Waals surface area contributed by atoms with Crippen LogP contribution in [0.5, 0.6) is 11.5 Å². The number of carbonyl (C=O) groups is 4. The molecule has 4 N–H and O–H groups in total. The van der Waals surface area contributed by atoms with Gasteiger partial charge in [0, 0.05) is 48.9 Å². The lowest BCUT2D eigenvalue weighted by atomic mass is 9.85. The number of benzene rings is 1. The number of carbonyl (C=O) groups excluding carboxylic acids is 3. The maximum Gasteiger partial charge on any atom is 0.408 e. The first-order chi connectivity index (χ1) is 30.0. The maximum atomic E-state index is 14.8. The van der Waals surface area contributed by atoms with E-state index >= 15 is 0 Å². The maximum absolute atomic E-state index is 14.8. The Bertz CT molecular complexity index is 2200. The summed E-state index contributed by atoms with van der Waals surface area (Å²) < 4.78 is 24.3. The number of halogens is 1. The van der Waals surface area contributed by atoms with Gasteiger partial charge >= 0.3 is 12.1 Å². The number of likely N-dealkylation sites (tertiary alicyclic amines) is 1. The Morgan fingerprint density at radius 1 is 1.03 bits per heavy atom. The van der Waals surface area contributed by atoms with Gasteiger partial charge in [0.15, 0.2) is 5.13 Å². The summed E-state index contributed by atoms with van der Waals surface area (Å²) >= 11 is 8.55. The first-order valence-electron chi connectivity index (χ1n) is 22.3. The van der Waals surface area contributed by atoms with Crippen molar-refractivity contribution in [3.63, 3.8) is 0 Å². The van der Waals surface area contributed by atoms with Crippen LogP contribution in [-0.2, 0) is 23.9 Å². The largest absolute Gasteiger partial charge is 0.491 e. The topological polar surface area (TPSA) is 194 Å². The summed E-state index contributed by atoms with van der Waals surface area (Å²) in [7, 11) is 0. The molecule has 3 aliphatic carbocycles. The van der Waals surface area contributed by atoms with Gasteiger partial charge in [0.05, 0.1) is 31.0 Å². The van der Waals surface area contributed by atoms with Crippen LogP contribution in [0.25, 0.3) is 22.3 Å². The van der Waals surface area contributed by atoms with E-state index in [0.717, 1.165) is 31.1 Å². The second-order valence-corrected chi connectivity index (χ2v) is 20.4. The number of rotatable bonds is 16. The number of fused-ring (bicyclic) bond motifs is 2. The number of pyridine rings is 1. The van der Waals surface area contributed by atoms with Gasteiger partial charge in [-0.3, -0.25) is 14.5 Å². The van der Waals surface area contributed by atoms with Gasteiger partial charge in [-0.1, -0.05) is 45.7 Å². The first kappa shape index (κ1) is 45.1. The Morgan fingerprint density at radius 3 is 2.44 bits per heavy atom. The molecule has 0 spiro atoms. The Labute approximate surface area is 377 Å². The van der Waals surface area contributed by atoms with E-state index in [4.69, 9.17) is 40.5 Å². The molecule has 3 amide bonds. The molecule has 5 aliphatic rings. The molecule has 5 fully saturated rings. The van der Waals surface area contributed by atoms with E-state index in [1.165, 1.54) is 22.7 Å². The number of aliphatic carboxylic acids is 1. The summed E-state index contributed by atoms with van der Waals surface area (Å²) in [4.78, 5) is 68.5. The molecule has 8 rings (SSSR count). The van der Waals surface area contributed by atoms with Gasteiger partial charge in [0.25, 0.3) is 0 Å². The summed E-state index contributed by atoms with van der Waals surface area (Å²) in [5.74, 6) is -0.376. The predicted octanol–water partition coefficient (Wildman–Crippen LogP) is 6.20. The summed E-state index contributed by atoms with van der Waals surface area (Å²) in [5, 5.41) is 22.7. The molecule has 63 heavy (non-hydrogen) atoms. The Hall–Kier alpha value is -4.45. The molecular formula is C45H60ClN7O9S. The van der Waals surface area contributed by atoms with Crippen molar-refractivity contribution < 1.29 is 43.2 Å². The molecule has 2 aliphatic heterocycles. The highest BCUT2D eigenvalue weighted by atomic mass is 35.5. The number of anilines is 1. The molecule has 4 heterocycles. The number of aromatic nitrogens is 2. The molecule has 3 aromatic rings. The third-order valence-electron chi connectivity index (χ3n) is 13.1. The molecule has 18 heteroatoms. The fraction of sp³-hybridized carbons (Fsp3) is 0.644. The molecular weight excluding hydrogens is 850 g/mol. The van der Waals surface area contributed by atoms with Gasteiger partial charge in [-0.2, -0.15) is 0 Å². The fourth-order valence-corrected chi connectivity index (χ4v) is 10.5. The lowest BCUT2D eigenvalue weighted by Crippen LogP contribution is -2.59. The van der Waals surface area contributed by atoms with Crippen molar-refractivity contribution in [1.29, 1.82) is 0 Å². The van der Waals surface area contributed by atoms with E-state index in [-0.39, 0.29) is 31.0 Å². The number of nitrogens with zero attached hydrogens (tertiary/aromatic N) is 4. The van der Waals surface area contributed by atoms with Crippen LogP contribution in [0.4, 0.5) is 9.93 Å². The summed E-state index contributed by atoms with van der Waals surface area (Å²) in [6.45, 7) is 15.6. The number of thiazole rings is 1. The summed E-state index contributed by atoms with van der Waals surface area (Å²) in [6.07, 6.45) is 2.11. The molecule has 342 valence electrons. The van der Waals surface area contributed by atoms with Gasteiger partial charge < -0.3 is 44.9 Å². The van der Waals surface area contributed by atoms with Crippen molar-refractivity contribution in [3.05, 3.63) is 28.6 Å². The summed E-state index contributed by atoms with van der Waals surface area (Å²) in [6, 6.07) is 3.38. The van der Waals surface area contributed by atoms with Crippen molar-refractivity contribution in [2.75, 3.05) is 51.3 Å². The van der Waals surface area contributed by atoms with Crippen molar-refractivity contribution in [2.24, 2.45) is 23.2 Å². The molecule has 0 bridgehead atoms. The number of carboxylic acid groups (broad SMARTS) is 1. The molecule has 8 atom stereocenters. The van der Waals surface area contributed by atoms with Crippen LogP contribution in [0.1, 0.15) is 80.1 Å². The van der Waals surface area contributed by atoms with Crippen LogP contribution < -0.4 is 25.4 Å². The van der Waals surface area contributed by atoms with E-state index in [1.54, 1.807) is 12.1 Å². The zero-order chi connectivity index (χ0) is 44.8. The molecule has 2 aromatic heterocycles. The van der Waals surface area contributed by atoms with Crippen LogP contribution in [0.3, 0.4) is 0 Å². The molecule has 3 saturated carbocycles. The Morgan fingerprint density at radius 2 is 1.78 bits per heavy atom. The average Bonchev–Trinajstić information content (AvgIpc) is 3.91. The second kappa shape index (κ2) is 18.2. The number of alkyl carbamates (subject to hydrolysis) is 1. The minimum atomic E-state index is -1.42. The Balaban J connectivity index is 1.09. The van der Waals surface area contributed by atoms with Gasteiger partial charge in [-0.15, -0.1) is 11.3 Å². The van der Waals surface area contributed by atoms with Crippen LogP contribution in [0, 0.1) is 23.2 Å². The van der Waals surface area contributed by atoms with Gasteiger partial charge in [-0.25, -0.2) is 19.6 Å². The van der Waals surface area contributed by atoms with Crippen LogP contribution in [0.15, 0.2) is 23.6 Å². The van der Waals surface area contributed by atoms with Crippen LogP contribution in [-0.4, -0.2) is 131 Å². The average molecular weight is 911 g/mol. The van der Waals surface area contributed by atoms with Gasteiger partial charge in [0.1, 0.15) is 58.7 Å². The quantitative estimate of drug-likeness (QED) is 0.127. The summed E-state index contributed by atoms with van der Waals surface area (Å²) in [5.41, 5.74) is -0.683. The highest BCUT2D eigenvalue weighted by Gasteiger charge is 2.61. The monoisotopic (exact) mass is 909 g/mol. The number of hydrogen-bond donors (Lipinski definition) is 4. The first-order valence-corrected chi connectivity index (χ1v) is 23.6. The lowest BCUT2D eigenvalue weighted by molar-refractivity contribution is -0.146. The zero-order valence-electron chi connectivity index (χ0n) is 36.9.